The van der Waals surface area contributed by atoms with Crippen LogP contribution in [-0.4, -0.2) is 96.7 Å². The molecule has 0 saturated heterocycles. The number of rotatable bonds is 69. The van der Waals surface area contributed by atoms with Crippen molar-refractivity contribution in [3.8, 4) is 0 Å². The maximum absolute atomic E-state index is 13.1. The molecule has 5 unspecified atom stereocenters. The fourth-order valence-electron chi connectivity index (χ4n) is 8.81. The van der Waals surface area contributed by atoms with Gasteiger partial charge in [0.05, 0.1) is 32.8 Å². The Hall–Kier alpha value is -7.40. The van der Waals surface area contributed by atoms with E-state index < -0.39 is 97.5 Å². The van der Waals surface area contributed by atoms with Gasteiger partial charge < -0.3 is 33.8 Å². The Bertz CT molecular complexity index is 3060. The third-order valence-electron chi connectivity index (χ3n) is 14.6. The number of ether oxygens (including phenoxy) is 4. The van der Waals surface area contributed by atoms with Gasteiger partial charge in [-0.05, 0) is 167 Å². The predicted molar refractivity (Wildman–Crippen MR) is 444 cm³/mol. The second-order valence-corrected chi connectivity index (χ2v) is 27.3. The van der Waals surface area contributed by atoms with E-state index in [1.54, 1.807) is 12.2 Å². The summed E-state index contributed by atoms with van der Waals surface area (Å²) in [6.07, 6.45) is 103. The van der Waals surface area contributed by atoms with Crippen LogP contribution in [0.1, 0.15) is 220 Å². The van der Waals surface area contributed by atoms with Crippen molar-refractivity contribution in [1.82, 2.24) is 0 Å². The Morgan fingerprint density at radius 3 is 0.778 bits per heavy atom. The number of phosphoric acid groups is 2. The van der Waals surface area contributed by atoms with Gasteiger partial charge in [-0.15, -0.1) is 0 Å². The largest absolute Gasteiger partial charge is 0.472 e. The molecule has 0 aliphatic rings. The highest BCUT2D eigenvalue weighted by atomic mass is 31.2. The summed E-state index contributed by atoms with van der Waals surface area (Å²) < 4.78 is 68.2. The average molecular weight is 1540 g/mol. The standard InChI is InChI=1S/C89H132O17P2/c1-5-9-13-17-21-25-29-33-37-39-41-43-47-49-53-57-61-65-69-73-86(91)99-79-84(105-88(93)75-71-67-63-59-55-51-45-35-31-27-23-19-15-11-7-3)81-103-107(95,96)101-77-83(90)78-102-108(97,98)104-82-85(106-89(94)76-72-68-64-60-56-52-46-36-32-28-24-20-16-12-8-4)80-100-87(92)74-70-66-62-58-54-50-48-44-42-40-38-34-30-26-22-18-14-10-6-2/h9-16,21-28,33-38,41-46,49-50,53-56,59-62,65-67,71,83-85,90H,5-8,17-20,29-32,39-40,47-48,51-52,57-58,63-64,68-70,72-82H2,1-4H3,(H,95,96)(H,97,98)/b13-9-,14-10-,15-11-,16-12-,25-21-,26-22-,27-23-,28-24-,37-33-,38-34-,43-41-,44-42-,45-35-,46-36-,53-49-,54-50-,59-55-,60-56-,65-61-,66-62-,71-67-. The summed E-state index contributed by atoms with van der Waals surface area (Å²) in [5.41, 5.74) is 0. The summed E-state index contributed by atoms with van der Waals surface area (Å²) in [5, 5.41) is 10.6. The molecule has 600 valence electrons. The fraction of sp³-hybridized carbons (Fsp3) is 0.483. The molecule has 19 heteroatoms. The lowest BCUT2D eigenvalue weighted by molar-refractivity contribution is -0.161. The van der Waals surface area contributed by atoms with Gasteiger partial charge in [-0.2, -0.15) is 0 Å². The Morgan fingerprint density at radius 2 is 0.500 bits per heavy atom. The fourth-order valence-corrected chi connectivity index (χ4v) is 10.4. The van der Waals surface area contributed by atoms with Gasteiger partial charge in [0, 0.05) is 19.3 Å². The van der Waals surface area contributed by atoms with Gasteiger partial charge in [-0.25, -0.2) is 9.13 Å². The maximum Gasteiger partial charge on any atom is 0.472 e. The average Bonchev–Trinajstić information content (AvgIpc) is 0.923. The summed E-state index contributed by atoms with van der Waals surface area (Å²) in [7, 11) is -10.1. The Labute approximate surface area is 649 Å². The molecule has 5 atom stereocenters. The highest BCUT2D eigenvalue weighted by Gasteiger charge is 2.30. The summed E-state index contributed by atoms with van der Waals surface area (Å²) in [4.78, 5) is 72.9. The van der Waals surface area contributed by atoms with Crippen LogP contribution in [0.4, 0.5) is 0 Å². The molecule has 0 bridgehead atoms. The molecule has 108 heavy (non-hydrogen) atoms. The maximum atomic E-state index is 13.1. The molecule has 0 fully saturated rings. The molecule has 0 spiro atoms. The Balaban J connectivity index is 5.63. The molecule has 0 aromatic rings. The van der Waals surface area contributed by atoms with Crippen LogP contribution < -0.4 is 0 Å². The van der Waals surface area contributed by atoms with E-state index in [2.05, 4.69) is 216 Å². The predicted octanol–water partition coefficient (Wildman–Crippen LogP) is 23.0. The number of hydrogen-bond acceptors (Lipinski definition) is 15. The Kier molecular flexibility index (Phi) is 72.4. The third kappa shape index (κ3) is 76.8. The first-order chi connectivity index (χ1) is 52.7. The lowest BCUT2D eigenvalue weighted by Crippen LogP contribution is -2.30. The van der Waals surface area contributed by atoms with E-state index in [0.29, 0.717) is 44.9 Å². The van der Waals surface area contributed by atoms with Gasteiger partial charge in [0.15, 0.2) is 12.2 Å². The minimum Gasteiger partial charge on any atom is -0.462 e. The van der Waals surface area contributed by atoms with Crippen molar-refractivity contribution in [3.63, 3.8) is 0 Å². The molecular formula is C89H132O17P2. The van der Waals surface area contributed by atoms with Crippen LogP contribution >= 0.6 is 15.6 Å². The van der Waals surface area contributed by atoms with Crippen molar-refractivity contribution < 1.29 is 80.2 Å². The van der Waals surface area contributed by atoms with E-state index in [0.717, 1.165) is 122 Å². The zero-order chi connectivity index (χ0) is 78.9. The van der Waals surface area contributed by atoms with Crippen molar-refractivity contribution >= 4 is 39.5 Å². The first kappa shape index (κ1) is 101. The van der Waals surface area contributed by atoms with Gasteiger partial charge in [-0.3, -0.25) is 37.3 Å². The second kappa shape index (κ2) is 77.7. The monoisotopic (exact) mass is 1530 g/mol. The molecule has 0 radical (unpaired) electrons. The first-order valence-electron chi connectivity index (χ1n) is 38.9. The topological polar surface area (TPSA) is 237 Å². The molecule has 0 saturated carbocycles. The molecule has 0 aliphatic carbocycles. The zero-order valence-electron chi connectivity index (χ0n) is 65.4. The normalized spacial score (nSPS) is 15.2. The van der Waals surface area contributed by atoms with Crippen LogP contribution in [0.5, 0.6) is 0 Å². The number of hydrogen-bond donors (Lipinski definition) is 3. The minimum atomic E-state index is -5.04. The van der Waals surface area contributed by atoms with Gasteiger partial charge in [0.2, 0.25) is 0 Å². The number of carbonyl (C=O) groups excluding carboxylic acids is 4. The van der Waals surface area contributed by atoms with Crippen molar-refractivity contribution in [2.24, 2.45) is 0 Å². The van der Waals surface area contributed by atoms with E-state index in [1.807, 2.05) is 54.7 Å². The molecule has 0 heterocycles. The van der Waals surface area contributed by atoms with E-state index >= 15 is 0 Å². The molecule has 0 aromatic heterocycles. The van der Waals surface area contributed by atoms with Crippen LogP contribution in [0.2, 0.25) is 0 Å². The van der Waals surface area contributed by atoms with Crippen LogP contribution in [0.25, 0.3) is 0 Å². The van der Waals surface area contributed by atoms with Crippen molar-refractivity contribution in [2.45, 2.75) is 239 Å². The van der Waals surface area contributed by atoms with Gasteiger partial charge >= 0.3 is 39.5 Å². The summed E-state index contributed by atoms with van der Waals surface area (Å²) in [6, 6.07) is 0. The number of phosphoric ester groups is 2. The second-order valence-electron chi connectivity index (χ2n) is 24.4. The highest BCUT2D eigenvalue weighted by molar-refractivity contribution is 7.47. The molecule has 3 N–H and O–H groups in total. The van der Waals surface area contributed by atoms with E-state index in [1.165, 1.54) is 0 Å². The smallest absolute Gasteiger partial charge is 0.462 e. The van der Waals surface area contributed by atoms with Gasteiger partial charge in [-0.1, -0.05) is 283 Å². The highest BCUT2D eigenvalue weighted by Crippen LogP contribution is 2.45. The molecule has 0 rings (SSSR count). The molecular weight excluding hydrogens is 1400 g/mol. The summed E-state index contributed by atoms with van der Waals surface area (Å²) in [6.45, 7) is 4.00. The zero-order valence-corrected chi connectivity index (χ0v) is 67.2. The van der Waals surface area contributed by atoms with Gasteiger partial charge in [0.1, 0.15) is 19.3 Å². The van der Waals surface area contributed by atoms with Crippen molar-refractivity contribution in [1.29, 1.82) is 0 Å². The lowest BCUT2D eigenvalue weighted by atomic mass is 10.2. The van der Waals surface area contributed by atoms with Crippen molar-refractivity contribution in [3.05, 3.63) is 255 Å². The number of aliphatic hydroxyl groups excluding tert-OH is 1. The third-order valence-corrected chi connectivity index (χ3v) is 16.5. The molecule has 0 amide bonds. The minimum absolute atomic E-state index is 0.00200. The molecule has 17 nitrogen and oxygen atoms in total. The summed E-state index contributed by atoms with van der Waals surface area (Å²) in [5.74, 6) is -2.61. The number of carbonyl (C=O) groups is 4. The van der Waals surface area contributed by atoms with Crippen molar-refractivity contribution in [2.75, 3.05) is 39.6 Å². The van der Waals surface area contributed by atoms with Crippen LogP contribution in [0.3, 0.4) is 0 Å². The van der Waals surface area contributed by atoms with E-state index in [4.69, 9.17) is 37.0 Å². The van der Waals surface area contributed by atoms with E-state index in [-0.39, 0.29) is 25.7 Å². The molecule has 0 aliphatic heterocycles. The van der Waals surface area contributed by atoms with Crippen LogP contribution in [0, 0.1) is 0 Å². The SMILES string of the molecule is CC/C=C\C/C=C\C/C=C\C/C=C\C/C=C\C/C=C\CCC(=O)OCC(COP(=O)(O)OCC(O)COP(=O)(O)OCC(COC(=O)CC/C=C\C/C=C\C/C=C\C/C=C\C/C=C\C/C=C\CC)OC(=O)CCCC/C=C\C/C=C\C/C=C\C/C=C\CC)OC(=O)C/C=C\C/C=C\C/C=C\C/C=C\C/C=C\CC. The Morgan fingerprint density at radius 1 is 0.269 bits per heavy atom. The number of unbranched alkanes of at least 4 members (excludes halogenated alkanes) is 2. The quantitative estimate of drug-likeness (QED) is 0.0169. The van der Waals surface area contributed by atoms with Crippen LogP contribution in [0.15, 0.2) is 255 Å². The van der Waals surface area contributed by atoms with Crippen LogP contribution in [-0.2, 0) is 65.4 Å². The van der Waals surface area contributed by atoms with E-state index in [9.17, 15) is 43.2 Å². The number of aliphatic hydroxyl groups is 1. The summed E-state index contributed by atoms with van der Waals surface area (Å²) >= 11 is 0. The first-order valence-corrected chi connectivity index (χ1v) is 41.9. The lowest BCUT2D eigenvalue weighted by Gasteiger charge is -2.21. The molecule has 0 aromatic carbocycles. The number of esters is 4. The van der Waals surface area contributed by atoms with Gasteiger partial charge in [0.25, 0.3) is 0 Å². The number of allylic oxidation sites excluding steroid dienone is 41.